The molecule has 66 heavy (non-hydrogen) atoms. The number of aliphatic hydroxyl groups is 5. The van der Waals surface area contributed by atoms with Crippen molar-refractivity contribution in [1.82, 2.24) is 5.32 Å². The van der Waals surface area contributed by atoms with E-state index in [1.807, 2.05) is 0 Å². The summed E-state index contributed by atoms with van der Waals surface area (Å²) in [5, 5.41) is 54.6. The molecular weight excluding hydrogens is 827 g/mol. The lowest BCUT2D eigenvalue weighted by molar-refractivity contribution is -0.302. The molecule has 1 heterocycles. The third kappa shape index (κ3) is 37.1. The number of nitrogens with one attached hydrogen (secondary N) is 1. The Hall–Kier alpha value is -0.810. The van der Waals surface area contributed by atoms with Gasteiger partial charge < -0.3 is 40.3 Å². The van der Waals surface area contributed by atoms with E-state index in [1.165, 1.54) is 238 Å². The molecule has 0 saturated carbocycles. The van der Waals surface area contributed by atoms with Gasteiger partial charge in [-0.05, 0) is 12.8 Å². The lowest BCUT2D eigenvalue weighted by atomic mass is 9.99. The second-order valence-electron chi connectivity index (χ2n) is 20.8. The van der Waals surface area contributed by atoms with Crippen molar-refractivity contribution in [2.75, 3.05) is 13.2 Å². The summed E-state index contributed by atoms with van der Waals surface area (Å²) >= 11 is 0. The van der Waals surface area contributed by atoms with Crippen LogP contribution >= 0.6 is 0 Å². The molecule has 7 atom stereocenters. The van der Waals surface area contributed by atoms with Gasteiger partial charge in [0.05, 0.1) is 25.4 Å². The highest BCUT2D eigenvalue weighted by Crippen LogP contribution is 2.23. The zero-order chi connectivity index (χ0) is 48.0. The third-order valence-corrected chi connectivity index (χ3v) is 14.5. The minimum Gasteiger partial charge on any atom is -0.394 e. The number of amides is 1. The zero-order valence-corrected chi connectivity index (χ0v) is 43.7. The minimum atomic E-state index is -1.55. The van der Waals surface area contributed by atoms with E-state index in [2.05, 4.69) is 19.2 Å². The van der Waals surface area contributed by atoms with E-state index in [9.17, 15) is 30.3 Å². The highest BCUT2D eigenvalue weighted by molar-refractivity contribution is 5.76. The Bertz CT molecular complexity index is 1000. The number of unbranched alkanes of at least 4 members (excludes halogenated alkanes) is 41. The number of hydrogen-bond donors (Lipinski definition) is 6. The van der Waals surface area contributed by atoms with Crippen LogP contribution in [0, 0.1) is 0 Å². The van der Waals surface area contributed by atoms with Crippen LogP contribution < -0.4 is 5.32 Å². The lowest BCUT2D eigenvalue weighted by Gasteiger charge is -2.40. The number of carbonyl (C=O) groups is 1. The van der Waals surface area contributed by atoms with E-state index in [1.54, 1.807) is 0 Å². The van der Waals surface area contributed by atoms with Crippen molar-refractivity contribution in [2.45, 2.75) is 346 Å². The smallest absolute Gasteiger partial charge is 0.220 e. The number of carbonyl (C=O) groups excluding carboxylic acids is 1. The van der Waals surface area contributed by atoms with Crippen LogP contribution in [-0.4, -0.2) is 87.5 Å². The maximum absolute atomic E-state index is 13.0. The Morgan fingerprint density at radius 1 is 0.455 bits per heavy atom. The number of ether oxygens (including phenoxy) is 2. The van der Waals surface area contributed by atoms with Crippen LogP contribution in [0.4, 0.5) is 0 Å². The van der Waals surface area contributed by atoms with Gasteiger partial charge in [0.25, 0.3) is 0 Å². The van der Waals surface area contributed by atoms with Crippen molar-refractivity contribution in [3.05, 3.63) is 0 Å². The van der Waals surface area contributed by atoms with Crippen LogP contribution in [0.1, 0.15) is 303 Å². The molecular formula is C57H113NO8. The normalized spacial score (nSPS) is 19.7. The predicted molar refractivity (Wildman–Crippen MR) is 277 cm³/mol. The van der Waals surface area contributed by atoms with Gasteiger partial charge in [0.2, 0.25) is 5.91 Å². The summed E-state index contributed by atoms with van der Waals surface area (Å²) in [5.74, 6) is -0.137. The van der Waals surface area contributed by atoms with Gasteiger partial charge in [-0.2, -0.15) is 0 Å². The topological polar surface area (TPSA) is 149 Å². The molecule has 1 aliphatic heterocycles. The fourth-order valence-corrected chi connectivity index (χ4v) is 9.81. The summed E-state index contributed by atoms with van der Waals surface area (Å²) in [4.78, 5) is 13.0. The van der Waals surface area contributed by atoms with Crippen LogP contribution in [0.15, 0.2) is 0 Å². The lowest BCUT2D eigenvalue weighted by Crippen LogP contribution is -2.60. The van der Waals surface area contributed by atoms with Crippen LogP contribution in [0.25, 0.3) is 0 Å². The van der Waals surface area contributed by atoms with Gasteiger partial charge in [0.15, 0.2) is 6.29 Å². The zero-order valence-electron chi connectivity index (χ0n) is 43.7. The van der Waals surface area contributed by atoms with Crippen molar-refractivity contribution in [2.24, 2.45) is 0 Å². The summed E-state index contributed by atoms with van der Waals surface area (Å²) in [7, 11) is 0. The second-order valence-corrected chi connectivity index (χ2v) is 20.8. The van der Waals surface area contributed by atoms with Gasteiger partial charge in [-0.25, -0.2) is 0 Å². The first-order valence-electron chi connectivity index (χ1n) is 29.2. The van der Waals surface area contributed by atoms with E-state index in [0.29, 0.717) is 12.8 Å². The average Bonchev–Trinajstić information content (AvgIpc) is 3.32. The molecule has 0 spiro atoms. The largest absolute Gasteiger partial charge is 0.394 e. The fraction of sp³-hybridized carbons (Fsp3) is 0.982. The Morgan fingerprint density at radius 3 is 1.08 bits per heavy atom. The minimum absolute atomic E-state index is 0.131. The molecule has 9 heteroatoms. The van der Waals surface area contributed by atoms with Crippen LogP contribution in [0.2, 0.25) is 0 Å². The standard InChI is InChI=1S/C57H113NO8/c1-3-5-7-9-11-13-15-17-18-19-20-21-22-23-24-25-26-27-28-29-30-31-32-33-35-37-39-41-43-45-47-53(61)58-50(49-65-57-56(64)55(63)54(62)52(48-59)66-57)51(60)46-44-42-40-38-36-34-16-14-12-10-8-6-4-2/h50-52,54-57,59-60,62-64H,3-49H2,1-2H3,(H,58,61)/t50-,51+,52+,54-,55?,56?,57+/m0/s1. The van der Waals surface area contributed by atoms with Crippen molar-refractivity contribution in [3.63, 3.8) is 0 Å². The molecule has 0 aliphatic carbocycles. The van der Waals surface area contributed by atoms with Gasteiger partial charge in [-0.15, -0.1) is 0 Å². The third-order valence-electron chi connectivity index (χ3n) is 14.5. The van der Waals surface area contributed by atoms with Crippen molar-refractivity contribution in [1.29, 1.82) is 0 Å². The van der Waals surface area contributed by atoms with Crippen LogP contribution in [0.3, 0.4) is 0 Å². The van der Waals surface area contributed by atoms with E-state index < -0.39 is 49.5 Å². The first-order chi connectivity index (χ1) is 32.3. The molecule has 9 nitrogen and oxygen atoms in total. The number of hydrogen-bond acceptors (Lipinski definition) is 8. The van der Waals surface area contributed by atoms with Gasteiger partial charge in [0, 0.05) is 6.42 Å². The molecule has 0 aromatic heterocycles. The van der Waals surface area contributed by atoms with E-state index >= 15 is 0 Å². The summed E-state index contributed by atoms with van der Waals surface area (Å²) < 4.78 is 11.3. The number of aliphatic hydroxyl groups excluding tert-OH is 5. The first-order valence-corrected chi connectivity index (χ1v) is 29.2. The van der Waals surface area contributed by atoms with Gasteiger partial charge in [-0.3, -0.25) is 4.79 Å². The highest BCUT2D eigenvalue weighted by Gasteiger charge is 2.44. The molecule has 2 unspecified atom stereocenters. The Balaban J connectivity index is 2.10. The predicted octanol–water partition coefficient (Wildman–Crippen LogP) is 14.2. The second kappa shape index (κ2) is 47.8. The van der Waals surface area contributed by atoms with Crippen molar-refractivity contribution >= 4 is 5.91 Å². The van der Waals surface area contributed by atoms with Gasteiger partial charge in [-0.1, -0.05) is 284 Å². The van der Waals surface area contributed by atoms with E-state index in [0.717, 1.165) is 38.5 Å². The summed E-state index contributed by atoms with van der Waals surface area (Å²) in [6.07, 6.45) is 50.1. The molecule has 1 aliphatic rings. The molecule has 0 aromatic carbocycles. The van der Waals surface area contributed by atoms with Crippen LogP contribution in [-0.2, 0) is 14.3 Å². The summed E-state index contributed by atoms with van der Waals surface area (Å²) in [6.45, 7) is 3.87. The van der Waals surface area contributed by atoms with E-state index in [-0.39, 0.29) is 12.5 Å². The molecule has 6 N–H and O–H groups in total. The van der Waals surface area contributed by atoms with Gasteiger partial charge >= 0.3 is 0 Å². The first kappa shape index (κ1) is 63.2. The maximum atomic E-state index is 13.0. The fourth-order valence-electron chi connectivity index (χ4n) is 9.81. The Kier molecular flexibility index (Phi) is 45.8. The van der Waals surface area contributed by atoms with E-state index in [4.69, 9.17) is 9.47 Å². The molecule has 1 saturated heterocycles. The van der Waals surface area contributed by atoms with Crippen molar-refractivity contribution < 1.29 is 39.8 Å². The quantitative estimate of drug-likeness (QED) is 0.0330. The molecule has 0 radical (unpaired) electrons. The summed E-state index contributed by atoms with van der Waals surface area (Å²) in [5.41, 5.74) is 0. The summed E-state index contributed by atoms with van der Waals surface area (Å²) in [6, 6.07) is -0.712. The molecule has 394 valence electrons. The number of rotatable bonds is 51. The Labute approximate surface area is 408 Å². The monoisotopic (exact) mass is 940 g/mol. The van der Waals surface area contributed by atoms with Crippen molar-refractivity contribution in [3.8, 4) is 0 Å². The highest BCUT2D eigenvalue weighted by atomic mass is 16.7. The molecule has 0 aromatic rings. The Morgan fingerprint density at radius 2 is 0.758 bits per heavy atom. The molecule has 1 fully saturated rings. The average molecular weight is 941 g/mol. The van der Waals surface area contributed by atoms with Gasteiger partial charge in [0.1, 0.15) is 24.4 Å². The molecule has 1 rings (SSSR count). The molecule has 0 bridgehead atoms. The SMILES string of the molecule is CCCCCCCCCCCCCCCCCCCCCCCCCCCCCCCCC(=O)N[C@@H](CO[C@@H]1O[C@H](CO)[C@H](O)C(O)C1O)[C@H](O)CCCCCCCCCCCCCCC. The maximum Gasteiger partial charge on any atom is 0.220 e. The van der Waals surface area contributed by atoms with Crippen LogP contribution in [0.5, 0.6) is 0 Å². The molecule has 1 amide bonds.